The fraction of sp³-hybridized carbons (Fsp3) is 1.00. The zero-order valence-corrected chi connectivity index (χ0v) is 11.4. The van der Waals surface area contributed by atoms with Crippen LogP contribution < -0.4 is 0 Å². The van der Waals surface area contributed by atoms with Crippen LogP contribution in [0.4, 0.5) is 0 Å². The van der Waals surface area contributed by atoms with E-state index in [0.717, 1.165) is 11.2 Å². The molecule has 0 nitrogen and oxygen atoms in total. The lowest BCUT2D eigenvalue weighted by molar-refractivity contribution is 0.156. The topological polar surface area (TPSA) is 0 Å². The highest BCUT2D eigenvalue weighted by atomic mass is 32.2. The lowest BCUT2D eigenvalue weighted by Crippen LogP contribution is -2.33. The molecule has 0 radical (unpaired) electrons. The predicted molar refractivity (Wildman–Crippen MR) is 69.0 cm³/mol. The molecule has 0 aliphatic heterocycles. The molecule has 14 heavy (non-hydrogen) atoms. The quantitative estimate of drug-likeness (QED) is 0.665. The van der Waals surface area contributed by atoms with Gasteiger partial charge < -0.3 is 0 Å². The third kappa shape index (κ3) is 1.36. The van der Waals surface area contributed by atoms with Gasteiger partial charge in [0, 0.05) is 10.3 Å². The number of hydrogen-bond donors (Lipinski definition) is 0. The van der Waals surface area contributed by atoms with Crippen LogP contribution in [-0.4, -0.2) is 16.6 Å². The number of thioether (sulfide) groups is 2. The van der Waals surface area contributed by atoms with Gasteiger partial charge in [-0.05, 0) is 42.3 Å². The Labute approximate surface area is 97.0 Å². The van der Waals surface area contributed by atoms with Crippen molar-refractivity contribution in [3.63, 3.8) is 0 Å². The zero-order chi connectivity index (χ0) is 10.4. The Morgan fingerprint density at radius 2 is 2.00 bits per heavy atom. The Bertz CT molecular complexity index is 224. The summed E-state index contributed by atoms with van der Waals surface area (Å²) in [5.74, 6) is 1.01. The van der Waals surface area contributed by atoms with E-state index >= 15 is 0 Å². The van der Waals surface area contributed by atoms with E-state index in [1.165, 1.54) is 24.3 Å². The van der Waals surface area contributed by atoms with Gasteiger partial charge in [0.25, 0.3) is 0 Å². The third-order valence-electron chi connectivity index (χ3n) is 5.10. The van der Waals surface area contributed by atoms with E-state index in [4.69, 9.17) is 0 Å². The van der Waals surface area contributed by atoms with Crippen LogP contribution in [-0.2, 0) is 0 Å². The minimum absolute atomic E-state index is 0.600. The fourth-order valence-electron chi connectivity index (χ4n) is 3.53. The molecule has 0 aromatic rings. The molecule has 2 bridgehead atoms. The summed E-state index contributed by atoms with van der Waals surface area (Å²) in [5.41, 5.74) is 1.22. The smallest absolute Gasteiger partial charge is 0.0392 e. The van der Waals surface area contributed by atoms with E-state index < -0.39 is 0 Å². The van der Waals surface area contributed by atoms with Crippen LogP contribution in [0.3, 0.4) is 0 Å². The van der Waals surface area contributed by atoms with E-state index in [-0.39, 0.29) is 0 Å². The first-order chi connectivity index (χ1) is 6.52. The van der Waals surface area contributed by atoms with Crippen molar-refractivity contribution in [2.24, 2.45) is 16.7 Å². The molecule has 0 spiro atoms. The molecule has 2 aliphatic carbocycles. The standard InChI is InChI=1S/C12H22S2/c1-11(2)9-5-6-12(11,3)10(7-9)14-8-13-4/h9-10H,5-8H2,1-4H3/t9-,10-,12+/m1/s1. The van der Waals surface area contributed by atoms with Gasteiger partial charge in [0.2, 0.25) is 0 Å². The van der Waals surface area contributed by atoms with E-state index in [1.807, 2.05) is 11.8 Å². The van der Waals surface area contributed by atoms with Gasteiger partial charge in [0.1, 0.15) is 0 Å². The number of rotatable bonds is 3. The zero-order valence-electron chi connectivity index (χ0n) is 9.80. The van der Waals surface area contributed by atoms with Crippen LogP contribution in [0.2, 0.25) is 0 Å². The first kappa shape index (κ1) is 11.2. The van der Waals surface area contributed by atoms with Crippen molar-refractivity contribution >= 4 is 23.5 Å². The van der Waals surface area contributed by atoms with Crippen molar-refractivity contribution in [2.45, 2.75) is 45.3 Å². The Morgan fingerprint density at radius 3 is 2.43 bits per heavy atom. The first-order valence-corrected chi connectivity index (χ1v) is 8.07. The van der Waals surface area contributed by atoms with Crippen molar-refractivity contribution in [1.29, 1.82) is 0 Å². The molecule has 0 saturated heterocycles. The second kappa shape index (κ2) is 3.62. The van der Waals surface area contributed by atoms with Gasteiger partial charge in [-0.1, -0.05) is 20.8 Å². The summed E-state index contributed by atoms with van der Waals surface area (Å²) in [6.45, 7) is 7.55. The molecule has 2 saturated carbocycles. The van der Waals surface area contributed by atoms with Crippen LogP contribution in [0, 0.1) is 16.7 Å². The third-order valence-corrected chi connectivity index (χ3v) is 7.70. The minimum atomic E-state index is 0.600. The maximum absolute atomic E-state index is 2.54. The van der Waals surface area contributed by atoms with Crippen LogP contribution in [0.1, 0.15) is 40.0 Å². The van der Waals surface area contributed by atoms with Gasteiger partial charge in [0.15, 0.2) is 0 Å². The van der Waals surface area contributed by atoms with Crippen LogP contribution >= 0.6 is 23.5 Å². The molecule has 0 amide bonds. The van der Waals surface area contributed by atoms with Crippen LogP contribution in [0.25, 0.3) is 0 Å². The maximum atomic E-state index is 2.54. The molecule has 3 atom stereocenters. The maximum Gasteiger partial charge on any atom is 0.0392 e. The summed E-state index contributed by atoms with van der Waals surface area (Å²) in [4.78, 5) is 0. The van der Waals surface area contributed by atoms with Crippen molar-refractivity contribution < 1.29 is 0 Å². The average Bonchev–Trinajstić information content (AvgIpc) is 2.46. The van der Waals surface area contributed by atoms with E-state index in [9.17, 15) is 0 Å². The summed E-state index contributed by atoms with van der Waals surface area (Å²) in [6.07, 6.45) is 6.65. The van der Waals surface area contributed by atoms with Crippen LogP contribution in [0.15, 0.2) is 0 Å². The van der Waals surface area contributed by atoms with Gasteiger partial charge in [-0.3, -0.25) is 0 Å². The lowest BCUT2D eigenvalue weighted by atomic mass is 9.71. The van der Waals surface area contributed by atoms with E-state index in [0.29, 0.717) is 10.8 Å². The van der Waals surface area contributed by atoms with Crippen molar-refractivity contribution in [3.8, 4) is 0 Å². The fourth-order valence-corrected chi connectivity index (χ4v) is 5.89. The molecule has 2 rings (SSSR count). The summed E-state index contributed by atoms with van der Waals surface area (Å²) < 4.78 is 0. The average molecular weight is 230 g/mol. The van der Waals surface area contributed by atoms with Gasteiger partial charge in [-0.25, -0.2) is 0 Å². The second-order valence-corrected chi connectivity index (χ2v) is 8.09. The Morgan fingerprint density at radius 1 is 1.29 bits per heavy atom. The van der Waals surface area contributed by atoms with Crippen molar-refractivity contribution in [3.05, 3.63) is 0 Å². The minimum Gasteiger partial charge on any atom is -0.154 e. The second-order valence-electron chi connectivity index (χ2n) is 5.67. The normalized spacial score (nSPS) is 44.6. The Hall–Kier alpha value is 0.700. The summed E-state index contributed by atoms with van der Waals surface area (Å²) >= 11 is 4.19. The SMILES string of the molecule is CSCS[C@@H]1C[C@H]2CC[C@]1(C)C2(C)C. The highest BCUT2D eigenvalue weighted by Crippen LogP contribution is 2.68. The summed E-state index contributed by atoms with van der Waals surface area (Å²) in [6, 6.07) is 0. The van der Waals surface area contributed by atoms with Gasteiger partial charge in [-0.15, -0.1) is 11.8 Å². The molecule has 82 valence electrons. The Balaban J connectivity index is 2.11. The molecule has 2 fully saturated rings. The van der Waals surface area contributed by atoms with Gasteiger partial charge in [-0.2, -0.15) is 11.8 Å². The first-order valence-electron chi connectivity index (χ1n) is 5.63. The number of fused-ring (bicyclic) bond motifs is 2. The summed E-state index contributed by atoms with van der Waals surface area (Å²) in [5, 5.41) is 2.21. The molecule has 0 heterocycles. The highest BCUT2D eigenvalue weighted by Gasteiger charge is 2.61. The van der Waals surface area contributed by atoms with Crippen molar-refractivity contribution in [1.82, 2.24) is 0 Å². The molecular formula is C12H22S2. The molecule has 0 aromatic heterocycles. The summed E-state index contributed by atoms with van der Waals surface area (Å²) in [7, 11) is 0. The van der Waals surface area contributed by atoms with E-state index in [2.05, 4.69) is 38.8 Å². The molecule has 2 aliphatic rings. The highest BCUT2D eigenvalue weighted by molar-refractivity contribution is 8.15. The lowest BCUT2D eigenvalue weighted by Gasteiger charge is -2.38. The molecular weight excluding hydrogens is 208 g/mol. The number of hydrogen-bond acceptors (Lipinski definition) is 2. The largest absolute Gasteiger partial charge is 0.154 e. The van der Waals surface area contributed by atoms with E-state index in [1.54, 1.807) is 0 Å². The van der Waals surface area contributed by atoms with Crippen molar-refractivity contribution in [2.75, 3.05) is 11.3 Å². The molecule has 2 heteroatoms. The van der Waals surface area contributed by atoms with Gasteiger partial charge >= 0.3 is 0 Å². The molecule has 0 aromatic carbocycles. The van der Waals surface area contributed by atoms with Gasteiger partial charge in [0.05, 0.1) is 0 Å². The molecule has 0 N–H and O–H groups in total. The molecule has 0 unspecified atom stereocenters. The Kier molecular flexibility index (Phi) is 2.90. The monoisotopic (exact) mass is 230 g/mol. The predicted octanol–water partition coefficient (Wildman–Crippen LogP) is 4.25. The van der Waals surface area contributed by atoms with Crippen LogP contribution in [0.5, 0.6) is 0 Å².